The molecule has 0 amide bonds. The summed E-state index contributed by atoms with van der Waals surface area (Å²) in [5.74, 6) is 0. The van der Waals surface area contributed by atoms with Crippen LogP contribution in [0.25, 0.3) is 0 Å². The Labute approximate surface area is 109 Å². The third kappa shape index (κ3) is 3.17. The van der Waals surface area contributed by atoms with Gasteiger partial charge in [-0.2, -0.15) is 5.26 Å². The molecule has 0 N–H and O–H groups in total. The van der Waals surface area contributed by atoms with E-state index >= 15 is 0 Å². The standard InChI is InChI=1S/C14H20N2S/c1-5-7-11(2)16(3)13-8-6-9-14(17-4)12(13)10-15/h6,8-9,11H,5,7H2,1-4H3. The van der Waals surface area contributed by atoms with Gasteiger partial charge in [0, 0.05) is 18.0 Å². The molecular formula is C14H20N2S. The minimum atomic E-state index is 0.462. The van der Waals surface area contributed by atoms with Crippen molar-refractivity contribution in [2.45, 2.75) is 37.6 Å². The summed E-state index contributed by atoms with van der Waals surface area (Å²) in [7, 11) is 2.07. The molecule has 0 aliphatic rings. The molecule has 0 aromatic heterocycles. The zero-order valence-electron chi connectivity index (χ0n) is 11.0. The summed E-state index contributed by atoms with van der Waals surface area (Å²) in [6.07, 6.45) is 4.32. The van der Waals surface area contributed by atoms with E-state index in [9.17, 15) is 5.26 Å². The summed E-state index contributed by atoms with van der Waals surface area (Å²) in [5.41, 5.74) is 1.84. The van der Waals surface area contributed by atoms with Crippen LogP contribution in [-0.2, 0) is 0 Å². The van der Waals surface area contributed by atoms with Gasteiger partial charge in [0.1, 0.15) is 6.07 Å². The molecule has 1 unspecified atom stereocenters. The smallest absolute Gasteiger partial charge is 0.103 e. The molecule has 0 bridgehead atoms. The number of thioether (sulfide) groups is 1. The summed E-state index contributed by atoms with van der Waals surface area (Å²) >= 11 is 1.63. The molecule has 1 aromatic rings. The number of anilines is 1. The molecule has 1 atom stereocenters. The van der Waals surface area contributed by atoms with Crippen LogP contribution in [0.15, 0.2) is 23.1 Å². The third-order valence-corrected chi connectivity index (χ3v) is 3.86. The molecular weight excluding hydrogens is 228 g/mol. The van der Waals surface area contributed by atoms with Gasteiger partial charge in [0.2, 0.25) is 0 Å². The first-order chi connectivity index (χ1) is 8.15. The van der Waals surface area contributed by atoms with Crippen molar-refractivity contribution in [3.8, 4) is 6.07 Å². The van der Waals surface area contributed by atoms with Crippen molar-refractivity contribution in [3.63, 3.8) is 0 Å². The van der Waals surface area contributed by atoms with Gasteiger partial charge in [0.15, 0.2) is 0 Å². The third-order valence-electron chi connectivity index (χ3n) is 3.08. The summed E-state index contributed by atoms with van der Waals surface area (Å²) < 4.78 is 0. The van der Waals surface area contributed by atoms with Crippen LogP contribution in [0.4, 0.5) is 5.69 Å². The topological polar surface area (TPSA) is 27.0 Å². The highest BCUT2D eigenvalue weighted by Gasteiger charge is 2.15. The van der Waals surface area contributed by atoms with Crippen molar-refractivity contribution >= 4 is 17.4 Å². The highest BCUT2D eigenvalue weighted by atomic mass is 32.2. The maximum absolute atomic E-state index is 9.30. The normalized spacial score (nSPS) is 11.9. The molecule has 0 aliphatic heterocycles. The summed E-state index contributed by atoms with van der Waals surface area (Å²) in [6.45, 7) is 4.39. The van der Waals surface area contributed by atoms with E-state index in [2.05, 4.69) is 31.9 Å². The molecule has 3 heteroatoms. The largest absolute Gasteiger partial charge is 0.371 e. The van der Waals surface area contributed by atoms with Crippen molar-refractivity contribution in [3.05, 3.63) is 23.8 Å². The highest BCUT2D eigenvalue weighted by molar-refractivity contribution is 7.98. The van der Waals surface area contributed by atoms with E-state index in [0.29, 0.717) is 6.04 Å². The number of hydrogen-bond donors (Lipinski definition) is 0. The van der Waals surface area contributed by atoms with Crippen LogP contribution in [0.2, 0.25) is 0 Å². The van der Waals surface area contributed by atoms with Crippen LogP contribution in [0.5, 0.6) is 0 Å². The SMILES string of the molecule is CCCC(C)N(C)c1cccc(SC)c1C#N. The lowest BCUT2D eigenvalue weighted by molar-refractivity contribution is 0.615. The Kier molecular flexibility index (Phi) is 5.37. The maximum atomic E-state index is 9.30. The Hall–Kier alpha value is -1.14. The lowest BCUT2D eigenvalue weighted by Crippen LogP contribution is -2.29. The molecule has 0 radical (unpaired) electrons. The predicted molar refractivity (Wildman–Crippen MR) is 75.7 cm³/mol. The molecule has 92 valence electrons. The van der Waals surface area contributed by atoms with Gasteiger partial charge >= 0.3 is 0 Å². The predicted octanol–water partition coefficient (Wildman–Crippen LogP) is 3.90. The Morgan fingerprint density at radius 1 is 1.47 bits per heavy atom. The summed E-state index contributed by atoms with van der Waals surface area (Å²) in [6, 6.07) is 8.85. The van der Waals surface area contributed by atoms with E-state index in [1.807, 2.05) is 24.5 Å². The van der Waals surface area contributed by atoms with Gasteiger partial charge in [0.25, 0.3) is 0 Å². The van der Waals surface area contributed by atoms with E-state index in [1.54, 1.807) is 11.8 Å². The van der Waals surface area contributed by atoms with E-state index < -0.39 is 0 Å². The van der Waals surface area contributed by atoms with Gasteiger partial charge in [-0.3, -0.25) is 0 Å². The van der Waals surface area contributed by atoms with Crippen LogP contribution in [0.1, 0.15) is 32.3 Å². The Morgan fingerprint density at radius 2 is 2.18 bits per heavy atom. The van der Waals surface area contributed by atoms with E-state index in [1.165, 1.54) is 0 Å². The molecule has 0 fully saturated rings. The van der Waals surface area contributed by atoms with Gasteiger partial charge < -0.3 is 4.90 Å². The van der Waals surface area contributed by atoms with Crippen LogP contribution in [0, 0.1) is 11.3 Å². The molecule has 0 spiro atoms. The molecule has 2 nitrogen and oxygen atoms in total. The second-order valence-electron chi connectivity index (χ2n) is 4.21. The van der Waals surface area contributed by atoms with Crippen molar-refractivity contribution in [2.75, 3.05) is 18.2 Å². The molecule has 0 saturated heterocycles. The van der Waals surface area contributed by atoms with Gasteiger partial charge in [-0.25, -0.2) is 0 Å². The number of nitriles is 1. The molecule has 17 heavy (non-hydrogen) atoms. The Morgan fingerprint density at radius 3 is 2.71 bits per heavy atom. The van der Waals surface area contributed by atoms with Gasteiger partial charge in [-0.1, -0.05) is 19.4 Å². The lowest BCUT2D eigenvalue weighted by atomic mass is 10.1. The van der Waals surface area contributed by atoms with E-state index in [4.69, 9.17) is 0 Å². The van der Waals surface area contributed by atoms with Gasteiger partial charge in [-0.05, 0) is 31.7 Å². The molecule has 1 aromatic carbocycles. The molecule has 0 saturated carbocycles. The zero-order chi connectivity index (χ0) is 12.8. The van der Waals surface area contributed by atoms with Gasteiger partial charge in [0.05, 0.1) is 11.3 Å². The first-order valence-corrected chi connectivity index (χ1v) is 7.18. The minimum Gasteiger partial charge on any atom is -0.371 e. The molecule has 0 heterocycles. The average molecular weight is 248 g/mol. The van der Waals surface area contributed by atoms with E-state index in [-0.39, 0.29) is 0 Å². The molecule has 0 aliphatic carbocycles. The highest BCUT2D eigenvalue weighted by Crippen LogP contribution is 2.29. The fourth-order valence-electron chi connectivity index (χ4n) is 1.94. The zero-order valence-corrected chi connectivity index (χ0v) is 11.8. The minimum absolute atomic E-state index is 0.462. The van der Waals surface area contributed by atoms with Crippen LogP contribution < -0.4 is 4.90 Å². The fourth-order valence-corrected chi connectivity index (χ4v) is 2.51. The maximum Gasteiger partial charge on any atom is 0.103 e. The van der Waals surface area contributed by atoms with Crippen LogP contribution >= 0.6 is 11.8 Å². The Bertz CT molecular complexity index is 409. The second-order valence-corrected chi connectivity index (χ2v) is 5.06. The summed E-state index contributed by atoms with van der Waals surface area (Å²) in [4.78, 5) is 3.27. The van der Waals surface area contributed by atoms with Crippen molar-refractivity contribution < 1.29 is 0 Å². The first kappa shape index (κ1) is 13.9. The molecule has 1 rings (SSSR count). The van der Waals surface area contributed by atoms with Crippen molar-refractivity contribution in [1.82, 2.24) is 0 Å². The van der Waals surface area contributed by atoms with Crippen molar-refractivity contribution in [2.24, 2.45) is 0 Å². The van der Waals surface area contributed by atoms with E-state index in [0.717, 1.165) is 29.0 Å². The lowest BCUT2D eigenvalue weighted by Gasteiger charge is -2.28. The summed E-state index contributed by atoms with van der Waals surface area (Å²) in [5, 5.41) is 9.30. The average Bonchev–Trinajstić information content (AvgIpc) is 2.36. The monoisotopic (exact) mass is 248 g/mol. The second kappa shape index (κ2) is 6.56. The number of hydrogen-bond acceptors (Lipinski definition) is 3. The number of benzene rings is 1. The van der Waals surface area contributed by atoms with Crippen LogP contribution in [0.3, 0.4) is 0 Å². The Balaban J connectivity index is 3.09. The number of rotatable bonds is 5. The van der Waals surface area contributed by atoms with Crippen LogP contribution in [-0.4, -0.2) is 19.3 Å². The van der Waals surface area contributed by atoms with Crippen molar-refractivity contribution in [1.29, 1.82) is 5.26 Å². The number of nitrogens with zero attached hydrogens (tertiary/aromatic N) is 2. The van der Waals surface area contributed by atoms with Gasteiger partial charge in [-0.15, -0.1) is 11.8 Å². The fraction of sp³-hybridized carbons (Fsp3) is 0.500. The first-order valence-electron chi connectivity index (χ1n) is 5.95. The quantitative estimate of drug-likeness (QED) is 0.739.